The van der Waals surface area contributed by atoms with Gasteiger partial charge in [-0.15, -0.1) is 0 Å². The van der Waals surface area contributed by atoms with Gasteiger partial charge in [0.15, 0.2) is 5.82 Å². The first-order valence-corrected chi connectivity index (χ1v) is 13.1. The Balaban J connectivity index is 0.000000306. The van der Waals surface area contributed by atoms with Crippen molar-refractivity contribution < 1.29 is 19.1 Å². The Hall–Kier alpha value is -4.51. The first-order chi connectivity index (χ1) is 19.1. The van der Waals surface area contributed by atoms with Crippen LogP contribution in [0.1, 0.15) is 35.5 Å². The number of hydrogen-bond acceptors (Lipinski definition) is 6. The maximum atomic E-state index is 14.5. The number of carbonyl (C=O) groups is 2. The van der Waals surface area contributed by atoms with Crippen molar-refractivity contribution in [2.45, 2.75) is 32.7 Å². The summed E-state index contributed by atoms with van der Waals surface area (Å²) in [5.74, 6) is -0.752. The van der Waals surface area contributed by atoms with Crippen molar-refractivity contribution >= 4 is 34.8 Å². The summed E-state index contributed by atoms with van der Waals surface area (Å²) in [5.41, 5.74) is 3.94. The minimum Gasteiger partial charge on any atom is -0.478 e. The minimum atomic E-state index is -0.879. The molecule has 2 aliphatic rings. The second-order valence-electron chi connectivity index (χ2n) is 10.6. The molecule has 0 radical (unpaired) electrons. The van der Waals surface area contributed by atoms with Crippen molar-refractivity contribution in [2.24, 2.45) is 0 Å². The topological polar surface area (TPSA) is 115 Å². The number of urea groups is 1. The highest BCUT2D eigenvalue weighted by Crippen LogP contribution is 2.35. The average Bonchev–Trinajstić information content (AvgIpc) is 3.51. The monoisotopic (exact) mass is 545 g/mol. The number of aryl methyl sites for hydroxylation is 1. The van der Waals surface area contributed by atoms with Gasteiger partial charge in [0, 0.05) is 67.6 Å². The number of benzene rings is 1. The summed E-state index contributed by atoms with van der Waals surface area (Å²) in [7, 11) is 0. The van der Waals surface area contributed by atoms with E-state index in [2.05, 4.69) is 39.3 Å². The molecule has 0 bridgehead atoms. The van der Waals surface area contributed by atoms with E-state index in [0.29, 0.717) is 23.6 Å². The number of hydrogen-bond donors (Lipinski definition) is 3. The molecular weight excluding hydrogens is 513 g/mol. The second kappa shape index (κ2) is 10.9. The first kappa shape index (κ1) is 27.1. The Morgan fingerprint density at radius 2 is 1.90 bits per heavy atom. The van der Waals surface area contributed by atoms with Gasteiger partial charge < -0.3 is 25.0 Å². The van der Waals surface area contributed by atoms with E-state index in [1.54, 1.807) is 58.2 Å². The lowest BCUT2D eigenvalue weighted by atomic mass is 10.0. The Kier molecular flexibility index (Phi) is 7.40. The third-order valence-corrected chi connectivity index (χ3v) is 6.93. The molecule has 40 heavy (non-hydrogen) atoms. The first-order valence-electron chi connectivity index (χ1n) is 13.1. The predicted molar refractivity (Wildman–Crippen MR) is 152 cm³/mol. The number of aromatic carboxylic acids is 1. The molecule has 3 aromatic heterocycles. The van der Waals surface area contributed by atoms with Crippen molar-refractivity contribution in [3.63, 3.8) is 0 Å². The van der Waals surface area contributed by atoms with Crippen LogP contribution in [0.4, 0.5) is 26.4 Å². The molecule has 1 fully saturated rings. The lowest BCUT2D eigenvalue weighted by Gasteiger charge is -2.41. The molecule has 2 amide bonds. The van der Waals surface area contributed by atoms with Gasteiger partial charge in [-0.2, -0.15) is 0 Å². The van der Waals surface area contributed by atoms with E-state index in [4.69, 9.17) is 5.11 Å². The molecule has 0 aliphatic carbocycles. The number of halogens is 1. The Labute approximate surface area is 231 Å². The van der Waals surface area contributed by atoms with Gasteiger partial charge in [-0.05, 0) is 45.4 Å². The third kappa shape index (κ3) is 5.74. The van der Waals surface area contributed by atoms with Gasteiger partial charge in [0.25, 0.3) is 0 Å². The van der Waals surface area contributed by atoms with E-state index in [-0.39, 0.29) is 17.3 Å². The quantitative estimate of drug-likeness (QED) is 0.351. The lowest BCUT2D eigenvalue weighted by Crippen LogP contribution is -2.57. The maximum Gasteiger partial charge on any atom is 0.335 e. The number of carboxylic acid groups (broad SMARTS) is 1. The summed E-state index contributed by atoms with van der Waals surface area (Å²) in [6.07, 6.45) is 5.80. The number of imidazole rings is 1. The third-order valence-electron chi connectivity index (χ3n) is 6.93. The van der Waals surface area contributed by atoms with Crippen LogP contribution in [0.3, 0.4) is 0 Å². The van der Waals surface area contributed by atoms with E-state index in [0.717, 1.165) is 43.0 Å². The van der Waals surface area contributed by atoms with E-state index in [1.165, 1.54) is 6.07 Å². The number of pyridine rings is 2. The van der Waals surface area contributed by atoms with Crippen LogP contribution < -0.4 is 20.4 Å². The maximum absolute atomic E-state index is 14.5. The fraction of sp³-hybridized carbons (Fsp3) is 0.310. The minimum absolute atomic E-state index is 0.0198. The standard InChI is InChI=1S/C22H26FN7O.C7H6O2/c1-14-11-29-12-17(16(23)10-19(29)26-14)27-21(31)30-8-5-15-18(4-6-24-20(15)30)28-9-7-25-22(2,3)13-28;8-7(9)6-4-2-1-3-5-6/h4,6,10-12,25H,5,7-9,13H2,1-3H3,(H,27,31);1-5H,(H,8,9). The largest absolute Gasteiger partial charge is 0.478 e. The van der Waals surface area contributed by atoms with Crippen molar-refractivity contribution in [3.05, 3.63) is 83.7 Å². The van der Waals surface area contributed by atoms with Crippen molar-refractivity contribution in [3.8, 4) is 0 Å². The number of rotatable bonds is 3. The molecule has 6 rings (SSSR count). The van der Waals surface area contributed by atoms with Crippen molar-refractivity contribution in [1.29, 1.82) is 0 Å². The summed E-state index contributed by atoms with van der Waals surface area (Å²) in [6, 6.07) is 11.3. The second-order valence-corrected chi connectivity index (χ2v) is 10.6. The van der Waals surface area contributed by atoms with Gasteiger partial charge >= 0.3 is 12.0 Å². The molecule has 0 unspecified atom stereocenters. The highest BCUT2D eigenvalue weighted by atomic mass is 19.1. The highest BCUT2D eigenvalue weighted by molar-refractivity contribution is 6.03. The Bertz CT molecular complexity index is 1550. The number of anilines is 3. The van der Waals surface area contributed by atoms with Crippen molar-refractivity contribution in [2.75, 3.05) is 41.3 Å². The Morgan fingerprint density at radius 1 is 1.12 bits per heavy atom. The highest BCUT2D eigenvalue weighted by Gasteiger charge is 2.32. The average molecular weight is 546 g/mol. The summed E-state index contributed by atoms with van der Waals surface area (Å²) >= 11 is 0. The van der Waals surface area contributed by atoms with Gasteiger partial charge in [-0.25, -0.2) is 23.9 Å². The normalized spacial score (nSPS) is 15.8. The van der Waals surface area contributed by atoms with Gasteiger partial charge in [-0.3, -0.25) is 4.90 Å². The molecule has 4 aromatic rings. The molecule has 10 nitrogen and oxygen atoms in total. The summed E-state index contributed by atoms with van der Waals surface area (Å²) < 4.78 is 16.2. The molecule has 0 saturated carbocycles. The predicted octanol–water partition coefficient (Wildman–Crippen LogP) is 4.34. The van der Waals surface area contributed by atoms with Crippen LogP contribution in [-0.4, -0.2) is 63.2 Å². The van der Waals surface area contributed by atoms with Crippen LogP contribution in [0.5, 0.6) is 0 Å². The number of nitrogens with one attached hydrogen (secondary N) is 2. The van der Waals surface area contributed by atoms with E-state index in [9.17, 15) is 14.0 Å². The van der Waals surface area contributed by atoms with Crippen LogP contribution in [0.15, 0.2) is 61.1 Å². The number of aromatic nitrogens is 3. The van der Waals surface area contributed by atoms with Crippen LogP contribution in [0.25, 0.3) is 5.65 Å². The number of piperazine rings is 1. The molecular formula is C29H32FN7O3. The van der Waals surface area contributed by atoms with Crippen LogP contribution in [0.2, 0.25) is 0 Å². The number of nitrogens with zero attached hydrogens (tertiary/aromatic N) is 5. The van der Waals surface area contributed by atoms with E-state index < -0.39 is 11.8 Å². The van der Waals surface area contributed by atoms with Crippen LogP contribution in [-0.2, 0) is 6.42 Å². The van der Waals surface area contributed by atoms with Crippen LogP contribution >= 0.6 is 0 Å². The number of carbonyl (C=O) groups excluding carboxylic acids is 1. The van der Waals surface area contributed by atoms with Gasteiger partial charge in [0.2, 0.25) is 0 Å². The van der Waals surface area contributed by atoms with Gasteiger partial charge in [0.05, 0.1) is 16.9 Å². The van der Waals surface area contributed by atoms with Gasteiger partial charge in [-0.1, -0.05) is 18.2 Å². The Morgan fingerprint density at radius 3 is 2.60 bits per heavy atom. The van der Waals surface area contributed by atoms with E-state index in [1.807, 2.05) is 13.0 Å². The zero-order valence-corrected chi connectivity index (χ0v) is 22.7. The zero-order chi connectivity index (χ0) is 28.4. The number of fused-ring (bicyclic) bond motifs is 2. The SMILES string of the molecule is Cc1cn2cc(NC(=O)N3CCc4c(N5CCNC(C)(C)C5)ccnc43)c(F)cc2n1.O=C(O)c1ccccc1. The lowest BCUT2D eigenvalue weighted by molar-refractivity contribution is 0.0697. The van der Waals surface area contributed by atoms with Gasteiger partial charge in [0.1, 0.15) is 11.5 Å². The summed E-state index contributed by atoms with van der Waals surface area (Å²) in [6.45, 7) is 9.42. The molecule has 1 saturated heterocycles. The molecule has 5 heterocycles. The van der Waals surface area contributed by atoms with Crippen molar-refractivity contribution in [1.82, 2.24) is 19.7 Å². The molecule has 0 atom stereocenters. The summed E-state index contributed by atoms with van der Waals surface area (Å²) in [5, 5.41) is 14.6. The fourth-order valence-corrected chi connectivity index (χ4v) is 5.11. The number of amides is 2. The molecule has 2 aliphatic heterocycles. The van der Waals surface area contributed by atoms with E-state index >= 15 is 0 Å². The molecule has 11 heteroatoms. The summed E-state index contributed by atoms with van der Waals surface area (Å²) in [4.78, 5) is 35.9. The molecule has 3 N–H and O–H groups in total. The molecule has 1 aromatic carbocycles. The smallest absolute Gasteiger partial charge is 0.335 e. The molecule has 208 valence electrons. The molecule has 0 spiro atoms. The fourth-order valence-electron chi connectivity index (χ4n) is 5.11. The zero-order valence-electron chi connectivity index (χ0n) is 22.7. The van der Waals surface area contributed by atoms with Crippen LogP contribution in [0, 0.1) is 12.7 Å². The number of carboxylic acids is 1.